The number of halogens is 2. The van der Waals surface area contributed by atoms with E-state index in [0.717, 1.165) is 4.90 Å². The van der Waals surface area contributed by atoms with Crippen molar-refractivity contribution in [2.75, 3.05) is 50.7 Å². The van der Waals surface area contributed by atoms with Crippen LogP contribution in [0.3, 0.4) is 0 Å². The number of anilines is 1. The molecule has 8 nitrogen and oxygen atoms in total. The maximum atomic E-state index is 15.1. The van der Waals surface area contributed by atoms with Gasteiger partial charge >= 0.3 is 0 Å². The van der Waals surface area contributed by atoms with Crippen LogP contribution in [0, 0.1) is 11.6 Å². The average Bonchev–Trinajstić information content (AvgIpc) is 3.60. The number of ether oxygens (including phenoxy) is 4. The second kappa shape index (κ2) is 11.1. The van der Waals surface area contributed by atoms with Crippen molar-refractivity contribution in [2.24, 2.45) is 0 Å². The van der Waals surface area contributed by atoms with Crippen molar-refractivity contribution in [3.8, 4) is 17.1 Å². The molecule has 0 spiro atoms. The highest BCUT2D eigenvalue weighted by Gasteiger charge is 2.48. The van der Waals surface area contributed by atoms with Gasteiger partial charge in [-0.05, 0) is 30.5 Å². The lowest BCUT2D eigenvalue weighted by molar-refractivity contribution is 0.00742. The van der Waals surface area contributed by atoms with Crippen LogP contribution in [0.2, 0.25) is 0 Å². The number of aliphatic hydroxyl groups excluding tert-OH is 1. The lowest BCUT2D eigenvalue weighted by Gasteiger charge is -2.29. The lowest BCUT2D eigenvalue weighted by atomic mass is 10.1. The Morgan fingerprint density at radius 3 is 2.49 bits per heavy atom. The Hall–Kier alpha value is -2.44. The Kier molecular flexibility index (Phi) is 7.87. The monoisotopic (exact) mass is 535 g/mol. The van der Waals surface area contributed by atoms with Gasteiger partial charge < -0.3 is 33.9 Å². The zero-order valence-corrected chi connectivity index (χ0v) is 21.8. The Labute approximate surface area is 218 Å². The molecule has 4 atom stereocenters. The fourth-order valence-corrected chi connectivity index (χ4v) is 5.57. The van der Waals surface area contributed by atoms with Gasteiger partial charge in [-0.15, -0.1) is 11.8 Å². The predicted molar refractivity (Wildman–Crippen MR) is 138 cm³/mol. The summed E-state index contributed by atoms with van der Waals surface area (Å²) in [5.41, 5.74) is 1.77. The van der Waals surface area contributed by atoms with Crippen LogP contribution in [0.5, 0.6) is 5.88 Å². The number of rotatable bonds is 5. The number of pyridine rings is 1. The lowest BCUT2D eigenvalue weighted by Crippen LogP contribution is -2.36. The van der Waals surface area contributed by atoms with Crippen molar-refractivity contribution in [3.63, 3.8) is 0 Å². The molecular formula is C26H31F2N3O5S. The largest absolute Gasteiger partial charge is 0.469 e. The van der Waals surface area contributed by atoms with Crippen molar-refractivity contribution in [3.05, 3.63) is 35.9 Å². The highest BCUT2D eigenvalue weighted by atomic mass is 32.2. The van der Waals surface area contributed by atoms with Crippen molar-refractivity contribution in [2.45, 2.75) is 43.2 Å². The van der Waals surface area contributed by atoms with E-state index in [0.29, 0.717) is 55.5 Å². The normalized spacial score (nSPS) is 25.2. The summed E-state index contributed by atoms with van der Waals surface area (Å²) in [5.74, 6) is -0.843. The third-order valence-electron chi connectivity index (χ3n) is 6.68. The molecule has 3 saturated heterocycles. The number of hydrogen-bond donors (Lipinski definition) is 2. The number of fused-ring (bicyclic) bond motifs is 2. The molecule has 0 amide bonds. The Morgan fingerprint density at radius 1 is 1.08 bits per heavy atom. The van der Waals surface area contributed by atoms with Crippen LogP contribution in [0.15, 0.2) is 29.2 Å². The van der Waals surface area contributed by atoms with Crippen LogP contribution < -0.4 is 9.64 Å². The van der Waals surface area contributed by atoms with Gasteiger partial charge in [0.05, 0.1) is 48.1 Å². The third kappa shape index (κ3) is 4.90. The Balaban J connectivity index is 0.00000137. The quantitative estimate of drug-likeness (QED) is 0.474. The van der Waals surface area contributed by atoms with E-state index in [-0.39, 0.29) is 24.0 Å². The summed E-state index contributed by atoms with van der Waals surface area (Å²) in [7, 11) is 0. The summed E-state index contributed by atoms with van der Waals surface area (Å²) in [6.45, 7) is 6.73. The molecule has 0 radical (unpaired) electrons. The second-order valence-electron chi connectivity index (χ2n) is 8.78. The number of nitrogens with one attached hydrogen (secondary N) is 1. The molecule has 200 valence electrons. The summed E-state index contributed by atoms with van der Waals surface area (Å²) in [6, 6.07) is 6.03. The van der Waals surface area contributed by atoms with Gasteiger partial charge in [-0.1, -0.05) is 13.8 Å². The molecule has 3 aliphatic rings. The van der Waals surface area contributed by atoms with E-state index in [1.807, 2.05) is 25.0 Å². The summed E-state index contributed by atoms with van der Waals surface area (Å²) < 4.78 is 53.1. The van der Waals surface area contributed by atoms with Crippen molar-refractivity contribution >= 4 is 28.5 Å². The Bertz CT molecular complexity index is 1230. The van der Waals surface area contributed by atoms with Crippen LogP contribution in [-0.4, -0.2) is 85.3 Å². The van der Waals surface area contributed by atoms with E-state index < -0.39 is 29.9 Å². The number of aliphatic hydroxyl groups is 1. The fraction of sp³-hybridized carbons (Fsp3) is 0.500. The summed E-state index contributed by atoms with van der Waals surface area (Å²) in [6.07, 6.45) is 0.0607. The van der Waals surface area contributed by atoms with Crippen molar-refractivity contribution in [1.82, 2.24) is 9.97 Å². The fourth-order valence-electron chi connectivity index (χ4n) is 4.94. The van der Waals surface area contributed by atoms with Gasteiger partial charge in [0.1, 0.15) is 35.5 Å². The van der Waals surface area contributed by atoms with Gasteiger partial charge in [-0.2, -0.15) is 0 Å². The topological polar surface area (TPSA) is 89.1 Å². The van der Waals surface area contributed by atoms with Crippen LogP contribution in [0.25, 0.3) is 22.3 Å². The number of aromatic nitrogens is 2. The molecule has 3 aromatic rings. The van der Waals surface area contributed by atoms with Gasteiger partial charge in [-0.25, -0.2) is 13.8 Å². The van der Waals surface area contributed by atoms with Gasteiger partial charge in [0, 0.05) is 18.8 Å². The van der Waals surface area contributed by atoms with Gasteiger partial charge in [-0.3, -0.25) is 0 Å². The summed E-state index contributed by atoms with van der Waals surface area (Å²) in [5, 5.41) is 9.98. The SMILES string of the molecule is CC.CSc1c(O[C@@H]2COC3[C@H](O)CO[C@@H]32)[nH]c2ccc(-c3c(F)cc(N4CCOCC4)cc3F)nc12. The van der Waals surface area contributed by atoms with E-state index >= 15 is 8.78 Å². The number of hydrogen-bond acceptors (Lipinski definition) is 8. The predicted octanol–water partition coefficient (Wildman–Crippen LogP) is 4.00. The number of benzene rings is 1. The summed E-state index contributed by atoms with van der Waals surface area (Å²) >= 11 is 1.42. The standard InChI is InChI=1S/C24H25F2N3O5S.C2H6/c1-35-23-20-16(28-24(23)34-18-11-33-21-17(30)10-32-22(18)21)3-2-15(27-20)19-13(25)8-12(9-14(19)26)29-4-6-31-7-5-29;1-2/h2-3,8-9,17-18,21-22,28,30H,4-7,10-11H2,1H3;1-2H3/t17-,18-,21?,22-;/m1./s1. The smallest absolute Gasteiger partial charge is 0.208 e. The minimum atomic E-state index is -0.667. The number of aromatic amines is 1. The number of morpholine rings is 1. The van der Waals surface area contributed by atoms with E-state index in [2.05, 4.69) is 9.97 Å². The van der Waals surface area contributed by atoms with Crippen LogP contribution in [-0.2, 0) is 14.2 Å². The molecular weight excluding hydrogens is 504 g/mol. The van der Waals surface area contributed by atoms with Crippen molar-refractivity contribution < 1.29 is 32.8 Å². The minimum absolute atomic E-state index is 0.167. The van der Waals surface area contributed by atoms with E-state index in [1.165, 1.54) is 23.9 Å². The molecule has 0 bridgehead atoms. The number of nitrogens with zero attached hydrogens (tertiary/aromatic N) is 2. The average molecular weight is 536 g/mol. The molecule has 3 fully saturated rings. The molecule has 0 saturated carbocycles. The summed E-state index contributed by atoms with van der Waals surface area (Å²) in [4.78, 5) is 10.4. The zero-order chi connectivity index (χ0) is 26.1. The molecule has 2 aromatic heterocycles. The maximum absolute atomic E-state index is 15.1. The highest BCUT2D eigenvalue weighted by Crippen LogP contribution is 2.39. The van der Waals surface area contributed by atoms with E-state index in [9.17, 15) is 5.11 Å². The van der Waals surface area contributed by atoms with Crippen LogP contribution >= 0.6 is 11.8 Å². The number of H-pyrrole nitrogens is 1. The van der Waals surface area contributed by atoms with Gasteiger partial charge in [0.2, 0.25) is 5.88 Å². The molecule has 2 N–H and O–H groups in total. The molecule has 11 heteroatoms. The van der Waals surface area contributed by atoms with Crippen LogP contribution in [0.1, 0.15) is 13.8 Å². The van der Waals surface area contributed by atoms with Gasteiger partial charge in [0.25, 0.3) is 0 Å². The molecule has 1 unspecified atom stereocenters. The van der Waals surface area contributed by atoms with Crippen molar-refractivity contribution in [1.29, 1.82) is 0 Å². The first kappa shape index (κ1) is 26.2. The second-order valence-corrected chi connectivity index (χ2v) is 9.60. The molecule has 6 rings (SSSR count). The third-order valence-corrected chi connectivity index (χ3v) is 7.47. The first-order valence-corrected chi connectivity index (χ1v) is 13.7. The first-order chi connectivity index (χ1) is 18.0. The zero-order valence-electron chi connectivity index (χ0n) is 21.0. The maximum Gasteiger partial charge on any atom is 0.208 e. The van der Waals surface area contributed by atoms with Gasteiger partial charge in [0.15, 0.2) is 6.10 Å². The molecule has 5 heterocycles. The number of thioether (sulfide) groups is 1. The van der Waals surface area contributed by atoms with E-state index in [4.69, 9.17) is 18.9 Å². The minimum Gasteiger partial charge on any atom is -0.469 e. The molecule has 37 heavy (non-hydrogen) atoms. The highest BCUT2D eigenvalue weighted by molar-refractivity contribution is 7.99. The van der Waals surface area contributed by atoms with E-state index in [1.54, 1.807) is 12.1 Å². The van der Waals surface area contributed by atoms with Crippen LogP contribution in [0.4, 0.5) is 14.5 Å². The molecule has 3 aliphatic heterocycles. The Morgan fingerprint density at radius 2 is 1.78 bits per heavy atom. The molecule has 1 aromatic carbocycles. The molecule has 0 aliphatic carbocycles. The first-order valence-electron chi connectivity index (χ1n) is 12.5.